The van der Waals surface area contributed by atoms with Crippen LogP contribution in [0.1, 0.15) is 22.2 Å². The smallest absolute Gasteiger partial charge is 0.294 e. The van der Waals surface area contributed by atoms with Gasteiger partial charge in [0.1, 0.15) is 11.5 Å². The molecule has 0 radical (unpaired) electrons. The fourth-order valence-corrected chi connectivity index (χ4v) is 3.80. The Balaban J connectivity index is 1.73. The summed E-state index contributed by atoms with van der Waals surface area (Å²) in [4.78, 5) is 25.1. The molecule has 3 rings (SSSR count). The highest BCUT2D eigenvalue weighted by Gasteiger charge is 2.19. The van der Waals surface area contributed by atoms with Crippen molar-refractivity contribution < 1.29 is 9.18 Å². The van der Waals surface area contributed by atoms with Gasteiger partial charge < -0.3 is 11.2 Å². The zero-order valence-electron chi connectivity index (χ0n) is 14.3. The SMILES string of the molecule is Cc1nnc(SCC(=O)N[C@H](c2ccc(F)cc2)c2cccs2)n(N)c1=O. The molecule has 2 heterocycles. The number of amides is 1. The van der Waals surface area contributed by atoms with E-state index >= 15 is 0 Å². The summed E-state index contributed by atoms with van der Waals surface area (Å²) in [5, 5.41) is 12.5. The minimum absolute atomic E-state index is 0.00253. The number of hydrogen-bond donors (Lipinski definition) is 2. The lowest BCUT2D eigenvalue weighted by Crippen LogP contribution is -2.33. The van der Waals surface area contributed by atoms with Gasteiger partial charge in [-0.3, -0.25) is 9.59 Å². The van der Waals surface area contributed by atoms with Crippen molar-refractivity contribution in [1.29, 1.82) is 0 Å². The van der Waals surface area contributed by atoms with E-state index in [2.05, 4.69) is 15.5 Å². The average molecular weight is 405 g/mol. The van der Waals surface area contributed by atoms with Crippen molar-refractivity contribution in [2.45, 2.75) is 18.1 Å². The Kier molecular flexibility index (Phi) is 5.87. The number of benzene rings is 1. The normalized spacial score (nSPS) is 11.9. The molecule has 0 aliphatic heterocycles. The number of hydrogen-bond acceptors (Lipinski definition) is 7. The van der Waals surface area contributed by atoms with Crippen molar-refractivity contribution in [3.05, 3.63) is 74.1 Å². The number of aromatic nitrogens is 3. The molecule has 0 aliphatic carbocycles. The van der Waals surface area contributed by atoms with Crippen molar-refractivity contribution in [1.82, 2.24) is 20.2 Å². The summed E-state index contributed by atoms with van der Waals surface area (Å²) in [5.74, 6) is 5.04. The van der Waals surface area contributed by atoms with Gasteiger partial charge in [0.2, 0.25) is 11.1 Å². The number of carbonyl (C=O) groups excluding carboxylic acids is 1. The van der Waals surface area contributed by atoms with E-state index in [0.29, 0.717) is 0 Å². The third kappa shape index (κ3) is 4.52. The summed E-state index contributed by atoms with van der Waals surface area (Å²) in [6.45, 7) is 1.51. The van der Waals surface area contributed by atoms with E-state index in [1.165, 1.54) is 30.4 Å². The van der Waals surface area contributed by atoms with Crippen LogP contribution in [-0.2, 0) is 4.79 Å². The Morgan fingerprint density at radius 1 is 1.33 bits per heavy atom. The molecule has 0 saturated heterocycles. The summed E-state index contributed by atoms with van der Waals surface area (Å²) in [7, 11) is 0. The van der Waals surface area contributed by atoms with Gasteiger partial charge in [-0.15, -0.1) is 21.5 Å². The van der Waals surface area contributed by atoms with Gasteiger partial charge in [0.05, 0.1) is 11.8 Å². The van der Waals surface area contributed by atoms with Gasteiger partial charge in [-0.25, -0.2) is 4.39 Å². The van der Waals surface area contributed by atoms with Crippen LogP contribution in [-0.4, -0.2) is 26.5 Å². The number of rotatable bonds is 6. The summed E-state index contributed by atoms with van der Waals surface area (Å²) < 4.78 is 14.1. The molecule has 2 aromatic heterocycles. The number of nitrogen functional groups attached to an aromatic ring is 1. The summed E-state index contributed by atoms with van der Waals surface area (Å²) in [6.07, 6.45) is 0. The maximum Gasteiger partial charge on any atom is 0.294 e. The number of nitrogens with zero attached hydrogens (tertiary/aromatic N) is 3. The van der Waals surface area contributed by atoms with Crippen LogP contribution in [0.4, 0.5) is 4.39 Å². The van der Waals surface area contributed by atoms with Gasteiger partial charge in [-0.2, -0.15) is 4.68 Å². The van der Waals surface area contributed by atoms with Crippen molar-refractivity contribution in [2.24, 2.45) is 0 Å². The van der Waals surface area contributed by atoms with E-state index in [0.717, 1.165) is 26.9 Å². The van der Waals surface area contributed by atoms with E-state index < -0.39 is 11.6 Å². The quantitative estimate of drug-likeness (QED) is 0.479. The second-order valence-corrected chi connectivity index (χ2v) is 7.52. The largest absolute Gasteiger partial charge is 0.344 e. The van der Waals surface area contributed by atoms with Crippen LogP contribution in [0.15, 0.2) is 51.7 Å². The van der Waals surface area contributed by atoms with Gasteiger partial charge in [0.25, 0.3) is 5.56 Å². The lowest BCUT2D eigenvalue weighted by molar-refractivity contribution is -0.119. The van der Waals surface area contributed by atoms with E-state index in [1.54, 1.807) is 12.1 Å². The molecule has 10 heteroatoms. The molecule has 140 valence electrons. The summed E-state index contributed by atoms with van der Waals surface area (Å²) in [6, 6.07) is 9.36. The molecule has 7 nitrogen and oxygen atoms in total. The molecule has 0 fully saturated rings. The molecule has 27 heavy (non-hydrogen) atoms. The highest BCUT2D eigenvalue weighted by atomic mass is 32.2. The van der Waals surface area contributed by atoms with Crippen molar-refractivity contribution in [3.8, 4) is 0 Å². The highest BCUT2D eigenvalue weighted by molar-refractivity contribution is 7.99. The van der Waals surface area contributed by atoms with Crippen LogP contribution in [0, 0.1) is 12.7 Å². The molecule has 0 unspecified atom stereocenters. The number of nitrogens with two attached hydrogens (primary N) is 1. The number of thioether (sulfide) groups is 1. The maximum atomic E-state index is 13.2. The summed E-state index contributed by atoms with van der Waals surface area (Å²) in [5.41, 5.74) is 0.485. The van der Waals surface area contributed by atoms with E-state index in [-0.39, 0.29) is 28.3 Å². The molecule has 0 spiro atoms. The van der Waals surface area contributed by atoms with Crippen molar-refractivity contribution >= 4 is 29.0 Å². The number of aryl methyl sites for hydroxylation is 1. The molecule has 0 bridgehead atoms. The standard InChI is InChI=1S/C17H16FN5O2S2/c1-10-16(25)23(19)17(22-21-10)27-9-14(24)20-15(13-3-2-8-26-13)11-4-6-12(18)7-5-11/h2-8,15H,9,19H2,1H3,(H,20,24)/t15-/m1/s1. The second kappa shape index (κ2) is 8.31. The fourth-order valence-electron chi connectivity index (χ4n) is 2.33. The molecular weight excluding hydrogens is 389 g/mol. The topological polar surface area (TPSA) is 103 Å². The first-order valence-corrected chi connectivity index (χ1v) is 9.74. The third-order valence-corrected chi connectivity index (χ3v) is 5.57. The van der Waals surface area contributed by atoms with Crippen LogP contribution in [0.25, 0.3) is 0 Å². The number of halogens is 1. The van der Waals surface area contributed by atoms with E-state index in [1.807, 2.05) is 17.5 Å². The number of thiophene rings is 1. The van der Waals surface area contributed by atoms with E-state index in [9.17, 15) is 14.0 Å². The van der Waals surface area contributed by atoms with E-state index in [4.69, 9.17) is 5.84 Å². The predicted octanol–water partition coefficient (Wildman–Crippen LogP) is 1.86. The number of carbonyl (C=O) groups is 1. The van der Waals surface area contributed by atoms with Crippen LogP contribution < -0.4 is 16.7 Å². The highest BCUT2D eigenvalue weighted by Crippen LogP contribution is 2.26. The van der Waals surface area contributed by atoms with Crippen LogP contribution >= 0.6 is 23.1 Å². The van der Waals surface area contributed by atoms with Crippen LogP contribution in [0.2, 0.25) is 0 Å². The lowest BCUT2D eigenvalue weighted by atomic mass is 10.1. The first-order chi connectivity index (χ1) is 13.0. The Labute approximate surface area is 162 Å². The Morgan fingerprint density at radius 2 is 2.07 bits per heavy atom. The minimum atomic E-state index is -0.462. The number of nitrogens with one attached hydrogen (secondary N) is 1. The van der Waals surface area contributed by atoms with Crippen molar-refractivity contribution in [2.75, 3.05) is 11.6 Å². The third-order valence-electron chi connectivity index (χ3n) is 3.69. The van der Waals surface area contributed by atoms with Crippen molar-refractivity contribution in [3.63, 3.8) is 0 Å². The molecule has 0 saturated carbocycles. The van der Waals surface area contributed by atoms with Gasteiger partial charge >= 0.3 is 0 Å². The molecular formula is C17H16FN5O2S2. The van der Waals surface area contributed by atoms with Gasteiger partial charge in [-0.05, 0) is 36.1 Å². The summed E-state index contributed by atoms with van der Waals surface area (Å²) >= 11 is 2.50. The van der Waals surface area contributed by atoms with Crippen LogP contribution in [0.3, 0.4) is 0 Å². The monoisotopic (exact) mass is 405 g/mol. The molecule has 1 aromatic carbocycles. The zero-order chi connectivity index (χ0) is 19.4. The first-order valence-electron chi connectivity index (χ1n) is 7.88. The Bertz CT molecular complexity index is 990. The fraction of sp³-hybridized carbons (Fsp3) is 0.176. The van der Waals surface area contributed by atoms with Gasteiger partial charge in [0.15, 0.2) is 0 Å². The van der Waals surface area contributed by atoms with Gasteiger partial charge in [0, 0.05) is 4.88 Å². The molecule has 3 aromatic rings. The molecule has 3 N–H and O–H groups in total. The average Bonchev–Trinajstić information content (AvgIpc) is 3.19. The Morgan fingerprint density at radius 3 is 2.74 bits per heavy atom. The van der Waals surface area contributed by atoms with Gasteiger partial charge in [-0.1, -0.05) is 30.0 Å². The predicted molar refractivity (Wildman–Crippen MR) is 103 cm³/mol. The minimum Gasteiger partial charge on any atom is -0.344 e. The van der Waals surface area contributed by atoms with Crippen LogP contribution in [0.5, 0.6) is 0 Å². The Hall–Kier alpha value is -2.72. The zero-order valence-corrected chi connectivity index (χ0v) is 15.9. The first kappa shape index (κ1) is 19.1. The molecule has 0 aliphatic rings. The maximum absolute atomic E-state index is 13.2. The second-order valence-electron chi connectivity index (χ2n) is 5.60. The molecule has 1 atom stereocenters. The lowest BCUT2D eigenvalue weighted by Gasteiger charge is -2.18. The molecule has 1 amide bonds.